The SMILES string of the molecule is CCCc1ccc(C)cc1C1CCCC/C1=N\C(=O)NC1CCC(c2ccc(-c3ncn(-c4ccc(OC(F)(F)F)cc4)n3)cc2)C1. The van der Waals surface area contributed by atoms with Crippen molar-refractivity contribution in [2.24, 2.45) is 4.99 Å². The monoisotopic (exact) mass is 643 g/mol. The van der Waals surface area contributed by atoms with Gasteiger partial charge in [0.25, 0.3) is 0 Å². The highest BCUT2D eigenvalue weighted by atomic mass is 19.4. The Kier molecular flexibility index (Phi) is 9.75. The van der Waals surface area contributed by atoms with Gasteiger partial charge in [-0.2, -0.15) is 0 Å². The molecule has 246 valence electrons. The second kappa shape index (κ2) is 14.1. The van der Waals surface area contributed by atoms with Crippen molar-refractivity contribution in [1.29, 1.82) is 0 Å². The van der Waals surface area contributed by atoms with Crippen molar-refractivity contribution in [3.8, 4) is 22.8 Å². The average molecular weight is 644 g/mol. The van der Waals surface area contributed by atoms with E-state index in [0.717, 1.165) is 69.1 Å². The van der Waals surface area contributed by atoms with E-state index in [1.54, 1.807) is 0 Å². The van der Waals surface area contributed by atoms with E-state index in [9.17, 15) is 18.0 Å². The normalized spacial score (nSPS) is 20.8. The van der Waals surface area contributed by atoms with Crippen LogP contribution in [0.2, 0.25) is 0 Å². The predicted molar refractivity (Wildman–Crippen MR) is 176 cm³/mol. The van der Waals surface area contributed by atoms with Crippen LogP contribution >= 0.6 is 0 Å². The number of ether oxygens (including phenoxy) is 1. The number of urea groups is 1. The standard InChI is InChI=1S/C37H40F3N5O2/c1-3-6-26-10-9-24(2)21-33(26)32-7-4-5-8-34(32)43-36(46)42-29-16-15-28(22-29)25-11-13-27(14-12-25)35-41-23-45(44-35)30-17-19-31(20-18-30)47-37(38,39)40/h9-14,17-21,23,28-29,32H,3-8,15-16,22H2,1-2H3,(H,42,46)/b43-34+. The zero-order chi connectivity index (χ0) is 33.0. The number of benzene rings is 3. The largest absolute Gasteiger partial charge is 0.573 e. The van der Waals surface area contributed by atoms with Crippen molar-refractivity contribution < 1.29 is 22.7 Å². The van der Waals surface area contributed by atoms with E-state index in [-0.39, 0.29) is 23.7 Å². The van der Waals surface area contributed by atoms with E-state index in [4.69, 9.17) is 0 Å². The third kappa shape index (κ3) is 8.10. The van der Waals surface area contributed by atoms with E-state index < -0.39 is 6.36 Å². The molecule has 3 unspecified atom stereocenters. The fourth-order valence-corrected chi connectivity index (χ4v) is 6.98. The molecule has 2 amide bonds. The van der Waals surface area contributed by atoms with Crippen molar-refractivity contribution in [2.75, 3.05) is 0 Å². The maximum absolute atomic E-state index is 13.2. The Hall–Kier alpha value is -4.47. The van der Waals surface area contributed by atoms with Crippen molar-refractivity contribution in [3.63, 3.8) is 0 Å². The molecule has 3 atom stereocenters. The molecule has 2 aliphatic rings. The highest BCUT2D eigenvalue weighted by molar-refractivity contribution is 5.99. The number of hydrogen-bond acceptors (Lipinski definition) is 4. The minimum absolute atomic E-state index is 0.0819. The van der Waals surface area contributed by atoms with Crippen molar-refractivity contribution in [2.45, 2.75) is 95.9 Å². The molecule has 7 nitrogen and oxygen atoms in total. The molecule has 0 radical (unpaired) electrons. The van der Waals surface area contributed by atoms with E-state index >= 15 is 0 Å². The van der Waals surface area contributed by atoms with Crippen LogP contribution in [0.3, 0.4) is 0 Å². The van der Waals surface area contributed by atoms with E-state index in [0.29, 0.717) is 17.4 Å². The smallest absolute Gasteiger partial charge is 0.406 e. The lowest BCUT2D eigenvalue weighted by atomic mass is 9.79. The second-order valence-corrected chi connectivity index (χ2v) is 12.7. The summed E-state index contributed by atoms with van der Waals surface area (Å²) in [6, 6.07) is 20.2. The Balaban J connectivity index is 1.06. The van der Waals surface area contributed by atoms with Crippen LogP contribution in [0.25, 0.3) is 17.1 Å². The van der Waals surface area contributed by atoms with Crippen LogP contribution < -0.4 is 10.1 Å². The molecule has 1 heterocycles. The Morgan fingerprint density at radius 1 is 1.02 bits per heavy atom. The summed E-state index contributed by atoms with van der Waals surface area (Å²) in [7, 11) is 0. The minimum Gasteiger partial charge on any atom is -0.406 e. The maximum Gasteiger partial charge on any atom is 0.573 e. The third-order valence-corrected chi connectivity index (χ3v) is 9.25. The lowest BCUT2D eigenvalue weighted by molar-refractivity contribution is -0.274. The van der Waals surface area contributed by atoms with Gasteiger partial charge in [0.15, 0.2) is 5.82 Å². The number of carbonyl (C=O) groups is 1. The molecule has 0 bridgehead atoms. The summed E-state index contributed by atoms with van der Waals surface area (Å²) in [5.41, 5.74) is 7.59. The summed E-state index contributed by atoms with van der Waals surface area (Å²) in [6.07, 6.45) is 5.80. The predicted octanol–water partition coefficient (Wildman–Crippen LogP) is 9.24. The number of rotatable bonds is 8. The fraction of sp³-hybridized carbons (Fsp3) is 0.405. The van der Waals surface area contributed by atoms with Gasteiger partial charge in [-0.25, -0.2) is 19.5 Å². The quantitative estimate of drug-likeness (QED) is 0.208. The van der Waals surface area contributed by atoms with Crippen molar-refractivity contribution in [3.05, 3.63) is 95.3 Å². The number of aromatic nitrogens is 3. The first-order valence-corrected chi connectivity index (χ1v) is 16.5. The molecule has 4 aromatic rings. The molecule has 10 heteroatoms. The van der Waals surface area contributed by atoms with Gasteiger partial charge in [0.2, 0.25) is 0 Å². The summed E-state index contributed by atoms with van der Waals surface area (Å²) in [5.74, 6) is 0.758. The fourth-order valence-electron chi connectivity index (χ4n) is 6.98. The molecule has 0 saturated heterocycles. The Bertz CT molecular complexity index is 1710. The van der Waals surface area contributed by atoms with Gasteiger partial charge in [0, 0.05) is 23.2 Å². The third-order valence-electron chi connectivity index (χ3n) is 9.25. The zero-order valence-corrected chi connectivity index (χ0v) is 26.8. The van der Waals surface area contributed by atoms with Crippen LogP contribution in [0, 0.1) is 6.92 Å². The highest BCUT2D eigenvalue weighted by Gasteiger charge is 2.31. The topological polar surface area (TPSA) is 81.4 Å². The number of aliphatic imine (C=N–C) groups is 1. The molecule has 2 saturated carbocycles. The Labute approximate surface area is 273 Å². The first-order valence-electron chi connectivity index (χ1n) is 16.5. The highest BCUT2D eigenvalue weighted by Crippen LogP contribution is 2.36. The molecule has 6 rings (SSSR count). The summed E-state index contributed by atoms with van der Waals surface area (Å²) in [4.78, 5) is 22.2. The first-order chi connectivity index (χ1) is 22.6. The molecule has 0 aliphatic heterocycles. The van der Waals surface area contributed by atoms with Gasteiger partial charge >= 0.3 is 12.4 Å². The van der Waals surface area contributed by atoms with Gasteiger partial charge < -0.3 is 10.1 Å². The van der Waals surface area contributed by atoms with Crippen molar-refractivity contribution in [1.82, 2.24) is 20.1 Å². The van der Waals surface area contributed by atoms with Crippen LogP contribution in [0.15, 0.2) is 78.0 Å². The number of halogens is 3. The number of hydrogen-bond donors (Lipinski definition) is 1. The molecular formula is C37H40F3N5O2. The number of aryl methyl sites for hydroxylation is 2. The molecule has 1 N–H and O–H groups in total. The Morgan fingerprint density at radius 2 is 1.81 bits per heavy atom. The summed E-state index contributed by atoms with van der Waals surface area (Å²) >= 11 is 0. The molecule has 0 spiro atoms. The summed E-state index contributed by atoms with van der Waals surface area (Å²) in [6.45, 7) is 4.34. The molecule has 1 aromatic heterocycles. The van der Waals surface area contributed by atoms with Crippen molar-refractivity contribution >= 4 is 11.7 Å². The zero-order valence-electron chi connectivity index (χ0n) is 26.8. The van der Waals surface area contributed by atoms with E-state index in [1.165, 1.54) is 57.5 Å². The van der Waals surface area contributed by atoms with Gasteiger partial charge in [-0.05, 0) is 98.7 Å². The summed E-state index contributed by atoms with van der Waals surface area (Å²) in [5, 5.41) is 7.71. The molecule has 2 aliphatic carbocycles. The van der Waals surface area contributed by atoms with Crippen LogP contribution in [0.4, 0.5) is 18.0 Å². The van der Waals surface area contributed by atoms with Gasteiger partial charge in [-0.3, -0.25) is 0 Å². The lowest BCUT2D eigenvalue weighted by Gasteiger charge is -2.27. The summed E-state index contributed by atoms with van der Waals surface area (Å²) < 4.78 is 42.8. The van der Waals surface area contributed by atoms with Gasteiger partial charge in [-0.15, -0.1) is 18.3 Å². The number of alkyl halides is 3. The number of nitrogens with zero attached hydrogens (tertiary/aromatic N) is 4. The van der Waals surface area contributed by atoms with E-state index in [2.05, 4.69) is 69.3 Å². The molecule has 3 aromatic carbocycles. The number of nitrogens with one attached hydrogen (secondary N) is 1. The second-order valence-electron chi connectivity index (χ2n) is 12.7. The van der Waals surface area contributed by atoms with Crippen LogP contribution in [-0.4, -0.2) is 38.9 Å². The van der Waals surface area contributed by atoms with Crippen LogP contribution in [-0.2, 0) is 6.42 Å². The first kappa shape index (κ1) is 32.5. The van der Waals surface area contributed by atoms with Crippen LogP contribution in [0.5, 0.6) is 5.75 Å². The average Bonchev–Trinajstić information content (AvgIpc) is 3.73. The molecule has 47 heavy (non-hydrogen) atoms. The number of amides is 2. The van der Waals surface area contributed by atoms with Gasteiger partial charge in [0.1, 0.15) is 12.1 Å². The Morgan fingerprint density at radius 3 is 2.55 bits per heavy atom. The number of carbonyl (C=O) groups excluding carboxylic acids is 1. The minimum atomic E-state index is -4.74. The van der Waals surface area contributed by atoms with Gasteiger partial charge in [0.05, 0.1) is 5.69 Å². The molecule has 2 fully saturated rings. The maximum atomic E-state index is 13.2. The molecular weight excluding hydrogens is 603 g/mol. The van der Waals surface area contributed by atoms with E-state index in [1.807, 2.05) is 12.1 Å². The van der Waals surface area contributed by atoms with Crippen LogP contribution in [0.1, 0.15) is 92.4 Å². The lowest BCUT2D eigenvalue weighted by Crippen LogP contribution is -2.32. The van der Waals surface area contributed by atoms with Gasteiger partial charge in [-0.1, -0.05) is 67.8 Å².